The van der Waals surface area contributed by atoms with Crippen molar-refractivity contribution in [1.29, 1.82) is 0 Å². The minimum absolute atomic E-state index is 0.0279. The number of nitro benzene ring substituents is 1. The van der Waals surface area contributed by atoms with E-state index in [4.69, 9.17) is 26.5 Å². The van der Waals surface area contributed by atoms with Gasteiger partial charge >= 0.3 is 11.6 Å². The highest BCUT2D eigenvalue weighted by molar-refractivity contribution is 6.32. The van der Waals surface area contributed by atoms with E-state index >= 15 is 0 Å². The van der Waals surface area contributed by atoms with E-state index in [2.05, 4.69) is 0 Å². The molecule has 0 bridgehead atoms. The number of nitro groups is 1. The first kappa shape index (κ1) is 18.1. The standard InChI is InChI=1S/C17H9ClN2O7/c18-12-4-2-9(6-13(12)20(24)25)16(22)26-10-3-1-8-5-11(15(19)21)17(23)27-14(8)7-10/h1-7H,(H2,19,21). The smallest absolute Gasteiger partial charge is 0.349 e. The van der Waals surface area contributed by atoms with Gasteiger partial charge in [-0.2, -0.15) is 0 Å². The monoisotopic (exact) mass is 388 g/mol. The highest BCUT2D eigenvalue weighted by atomic mass is 35.5. The lowest BCUT2D eigenvalue weighted by Gasteiger charge is -2.06. The highest BCUT2D eigenvalue weighted by Crippen LogP contribution is 2.26. The van der Waals surface area contributed by atoms with Gasteiger partial charge in [0.25, 0.3) is 11.6 Å². The van der Waals surface area contributed by atoms with E-state index in [1.807, 2.05) is 0 Å². The molecule has 10 heteroatoms. The molecule has 2 N–H and O–H groups in total. The van der Waals surface area contributed by atoms with Gasteiger partial charge in [0.15, 0.2) is 0 Å². The van der Waals surface area contributed by atoms with Crippen LogP contribution in [0.3, 0.4) is 0 Å². The number of amides is 1. The van der Waals surface area contributed by atoms with Gasteiger partial charge in [-0.05, 0) is 30.3 Å². The van der Waals surface area contributed by atoms with Crippen molar-refractivity contribution in [2.24, 2.45) is 5.73 Å². The first-order valence-electron chi connectivity index (χ1n) is 7.30. The summed E-state index contributed by atoms with van der Waals surface area (Å²) in [5.41, 5.74) is 3.40. The van der Waals surface area contributed by atoms with E-state index in [9.17, 15) is 24.5 Å². The van der Waals surface area contributed by atoms with Crippen LogP contribution >= 0.6 is 11.6 Å². The maximum atomic E-state index is 12.2. The first-order chi connectivity index (χ1) is 12.8. The predicted octanol–water partition coefficient (Wildman–Crippen LogP) is 2.67. The fraction of sp³-hybridized carbons (Fsp3) is 0. The number of ether oxygens (including phenoxy) is 1. The lowest BCUT2D eigenvalue weighted by molar-refractivity contribution is -0.384. The molecule has 0 spiro atoms. The van der Waals surface area contributed by atoms with Crippen LogP contribution in [-0.2, 0) is 0 Å². The zero-order valence-corrected chi connectivity index (χ0v) is 14.1. The summed E-state index contributed by atoms with van der Waals surface area (Å²) in [5, 5.41) is 11.2. The van der Waals surface area contributed by atoms with Crippen molar-refractivity contribution in [3.05, 3.63) is 79.1 Å². The zero-order valence-electron chi connectivity index (χ0n) is 13.3. The minimum Gasteiger partial charge on any atom is -0.423 e. The van der Waals surface area contributed by atoms with E-state index in [0.29, 0.717) is 5.39 Å². The molecule has 1 amide bonds. The molecule has 0 unspecified atom stereocenters. The topological polar surface area (TPSA) is 143 Å². The summed E-state index contributed by atoms with van der Waals surface area (Å²) < 4.78 is 10.1. The number of rotatable bonds is 4. The van der Waals surface area contributed by atoms with Gasteiger partial charge in [-0.3, -0.25) is 14.9 Å². The molecule has 0 radical (unpaired) electrons. The number of carbonyl (C=O) groups is 2. The quantitative estimate of drug-likeness (QED) is 0.238. The second-order valence-electron chi connectivity index (χ2n) is 5.32. The van der Waals surface area contributed by atoms with Crippen LogP contribution in [0, 0.1) is 10.1 Å². The van der Waals surface area contributed by atoms with Gasteiger partial charge in [-0.1, -0.05) is 11.6 Å². The predicted molar refractivity (Wildman–Crippen MR) is 94.1 cm³/mol. The van der Waals surface area contributed by atoms with Crippen molar-refractivity contribution in [3.63, 3.8) is 0 Å². The molecule has 2 aromatic carbocycles. The first-order valence-corrected chi connectivity index (χ1v) is 7.68. The molecular weight excluding hydrogens is 380 g/mol. The van der Waals surface area contributed by atoms with Gasteiger partial charge in [0.2, 0.25) is 0 Å². The van der Waals surface area contributed by atoms with E-state index in [0.717, 1.165) is 6.07 Å². The van der Waals surface area contributed by atoms with E-state index in [1.165, 1.54) is 36.4 Å². The molecule has 0 saturated carbocycles. The second-order valence-corrected chi connectivity index (χ2v) is 5.73. The molecule has 0 aliphatic carbocycles. The largest absolute Gasteiger partial charge is 0.423 e. The summed E-state index contributed by atoms with van der Waals surface area (Å²) >= 11 is 5.70. The third-order valence-electron chi connectivity index (χ3n) is 3.56. The Hall–Kier alpha value is -3.72. The normalized spacial score (nSPS) is 10.6. The molecule has 3 rings (SSSR count). The van der Waals surface area contributed by atoms with Gasteiger partial charge < -0.3 is 14.9 Å². The third kappa shape index (κ3) is 3.62. The zero-order chi connectivity index (χ0) is 19.7. The summed E-state index contributed by atoms with van der Waals surface area (Å²) in [6.07, 6.45) is 0. The average molecular weight is 389 g/mol. The molecule has 1 heterocycles. The van der Waals surface area contributed by atoms with E-state index in [-0.39, 0.29) is 27.5 Å². The summed E-state index contributed by atoms with van der Waals surface area (Å²) in [7, 11) is 0. The Morgan fingerprint density at radius 2 is 1.89 bits per heavy atom. The van der Waals surface area contributed by atoms with Gasteiger partial charge in [0.05, 0.1) is 10.5 Å². The lowest BCUT2D eigenvalue weighted by atomic mass is 10.1. The van der Waals surface area contributed by atoms with Crippen molar-refractivity contribution in [2.45, 2.75) is 0 Å². The van der Waals surface area contributed by atoms with Crippen molar-refractivity contribution in [3.8, 4) is 5.75 Å². The summed E-state index contributed by atoms with van der Waals surface area (Å²) in [5.74, 6) is -1.77. The maximum absolute atomic E-state index is 12.2. The average Bonchev–Trinajstić information content (AvgIpc) is 2.60. The number of nitrogens with zero attached hydrogens (tertiary/aromatic N) is 1. The molecule has 9 nitrogen and oxygen atoms in total. The van der Waals surface area contributed by atoms with Crippen LogP contribution in [0.25, 0.3) is 11.0 Å². The summed E-state index contributed by atoms with van der Waals surface area (Å²) in [6, 6.07) is 8.86. The number of hydrogen-bond acceptors (Lipinski definition) is 7. The fourth-order valence-corrected chi connectivity index (χ4v) is 2.46. The molecule has 0 saturated heterocycles. The van der Waals surface area contributed by atoms with Crippen LogP contribution in [0.1, 0.15) is 20.7 Å². The number of carbonyl (C=O) groups excluding carboxylic acids is 2. The highest BCUT2D eigenvalue weighted by Gasteiger charge is 2.18. The Morgan fingerprint density at radius 3 is 2.56 bits per heavy atom. The lowest BCUT2D eigenvalue weighted by Crippen LogP contribution is -2.20. The molecule has 0 atom stereocenters. The van der Waals surface area contributed by atoms with Crippen LogP contribution in [0.4, 0.5) is 5.69 Å². The van der Waals surface area contributed by atoms with Gasteiger partial charge in [0.1, 0.15) is 21.9 Å². The number of hydrogen-bond donors (Lipinski definition) is 1. The van der Waals surface area contributed by atoms with Crippen LogP contribution in [0.15, 0.2) is 51.7 Å². The number of halogens is 1. The Morgan fingerprint density at radius 1 is 1.15 bits per heavy atom. The Balaban J connectivity index is 1.92. The molecule has 0 fully saturated rings. The SMILES string of the molecule is NC(=O)c1cc2ccc(OC(=O)c3ccc(Cl)c([N+](=O)[O-])c3)cc2oc1=O. The summed E-state index contributed by atoms with van der Waals surface area (Å²) in [4.78, 5) is 45.3. The molecule has 0 aliphatic rings. The molecule has 0 aliphatic heterocycles. The number of esters is 1. The van der Waals surface area contributed by atoms with Crippen molar-refractivity contribution >= 4 is 40.1 Å². The Labute approximate surface area is 155 Å². The minimum atomic E-state index is -0.925. The number of benzene rings is 2. The molecule has 136 valence electrons. The summed E-state index contributed by atoms with van der Waals surface area (Å²) in [6.45, 7) is 0. The van der Waals surface area contributed by atoms with Crippen molar-refractivity contribution < 1.29 is 23.7 Å². The number of fused-ring (bicyclic) bond motifs is 1. The Kier molecular flexibility index (Phi) is 4.61. The van der Waals surface area contributed by atoms with Crippen LogP contribution in [0.5, 0.6) is 5.75 Å². The van der Waals surface area contributed by atoms with Gasteiger partial charge in [-0.15, -0.1) is 0 Å². The van der Waals surface area contributed by atoms with Gasteiger partial charge in [0, 0.05) is 17.5 Å². The van der Waals surface area contributed by atoms with Crippen molar-refractivity contribution in [1.82, 2.24) is 0 Å². The maximum Gasteiger partial charge on any atom is 0.349 e. The van der Waals surface area contributed by atoms with Crippen LogP contribution < -0.4 is 16.1 Å². The third-order valence-corrected chi connectivity index (χ3v) is 3.88. The Bertz CT molecular complexity index is 1170. The van der Waals surface area contributed by atoms with Gasteiger partial charge in [-0.25, -0.2) is 9.59 Å². The molecule has 3 aromatic rings. The molecule has 1 aromatic heterocycles. The van der Waals surface area contributed by atoms with E-state index in [1.54, 1.807) is 0 Å². The van der Waals surface area contributed by atoms with Crippen molar-refractivity contribution in [2.75, 3.05) is 0 Å². The number of primary amides is 1. The van der Waals surface area contributed by atoms with Crippen LogP contribution in [-0.4, -0.2) is 16.8 Å². The molecular formula is C17H9ClN2O7. The number of nitrogens with two attached hydrogens (primary N) is 1. The van der Waals surface area contributed by atoms with Crippen LogP contribution in [0.2, 0.25) is 5.02 Å². The van der Waals surface area contributed by atoms with E-state index < -0.39 is 28.1 Å². The molecule has 27 heavy (non-hydrogen) atoms. The second kappa shape index (κ2) is 6.89. The fourth-order valence-electron chi connectivity index (χ4n) is 2.27.